The highest BCUT2D eigenvalue weighted by atomic mass is 16.7. The molecule has 3 N–H and O–H groups in total. The molecular weight excluding hydrogens is 893 g/mol. The van der Waals surface area contributed by atoms with Crippen molar-refractivity contribution >= 4 is 41.2 Å². The van der Waals surface area contributed by atoms with Gasteiger partial charge in [-0.15, -0.1) is 0 Å². The van der Waals surface area contributed by atoms with E-state index in [1.54, 1.807) is 31.4 Å². The number of non-ortho nitro benzene ring substituents is 1. The number of alkyl carbamates (subject to hydrolysis) is 1. The molecule has 0 aliphatic heterocycles. The Morgan fingerprint density at radius 1 is 0.725 bits per heavy atom. The predicted octanol–water partition coefficient (Wildman–Crippen LogP) is 7.76. The lowest BCUT2D eigenvalue weighted by Crippen LogP contribution is -2.46. The number of ketones is 1. The number of amides is 3. The molecule has 0 bridgehead atoms. The minimum absolute atomic E-state index is 0.0741. The zero-order valence-electron chi connectivity index (χ0n) is 39.3. The molecule has 4 aromatic rings. The van der Waals surface area contributed by atoms with Crippen molar-refractivity contribution in [2.75, 3.05) is 71.8 Å². The van der Waals surface area contributed by atoms with Crippen LogP contribution in [0.1, 0.15) is 68.6 Å². The number of nitro benzene ring substituents is 1. The van der Waals surface area contributed by atoms with Crippen molar-refractivity contribution in [2.24, 2.45) is 11.8 Å². The predicted molar refractivity (Wildman–Crippen MR) is 255 cm³/mol. The van der Waals surface area contributed by atoms with E-state index in [4.69, 9.17) is 33.2 Å². The normalized spacial score (nSPS) is 12.6. The summed E-state index contributed by atoms with van der Waals surface area (Å²) >= 11 is 0. The van der Waals surface area contributed by atoms with Crippen molar-refractivity contribution in [3.8, 4) is 16.9 Å². The summed E-state index contributed by atoms with van der Waals surface area (Å²) < 4.78 is 37.2. The van der Waals surface area contributed by atoms with Gasteiger partial charge >= 0.3 is 12.2 Å². The van der Waals surface area contributed by atoms with Crippen LogP contribution in [0.5, 0.6) is 5.75 Å². The summed E-state index contributed by atoms with van der Waals surface area (Å²) in [5, 5.41) is 19.4. The molecule has 2 atom stereocenters. The third kappa shape index (κ3) is 17.7. The van der Waals surface area contributed by atoms with Crippen LogP contribution >= 0.6 is 0 Å². The van der Waals surface area contributed by atoms with Crippen LogP contribution in [-0.4, -0.2) is 107 Å². The first-order chi connectivity index (χ1) is 33.4. The van der Waals surface area contributed by atoms with Crippen molar-refractivity contribution in [1.82, 2.24) is 10.6 Å². The SMILES string of the molecule is COCCOCCOCCOCCC(=O)NCCCC[C@H](CC(=O)[C@@H](NC(=O)OCC1c2ccccc2-c2ccccc21)C(C)C)C(=O)Nc1ccc(COC(=O)Oc2ccc([N+](=O)[O-])cc2)cc1. The monoisotopic (exact) mass is 954 g/mol. The maximum atomic E-state index is 14.0. The lowest BCUT2D eigenvalue weighted by atomic mass is 9.89. The Labute approximate surface area is 401 Å². The van der Waals surface area contributed by atoms with Gasteiger partial charge in [-0.2, -0.15) is 0 Å². The summed E-state index contributed by atoms with van der Waals surface area (Å²) in [5.41, 5.74) is 5.16. The van der Waals surface area contributed by atoms with E-state index in [0.717, 1.165) is 22.3 Å². The number of hydrogen-bond donors (Lipinski definition) is 3. The van der Waals surface area contributed by atoms with Crippen LogP contribution in [0.3, 0.4) is 0 Å². The van der Waals surface area contributed by atoms with E-state index in [1.807, 2.05) is 62.4 Å². The van der Waals surface area contributed by atoms with Gasteiger partial charge in [-0.1, -0.05) is 80.9 Å². The molecule has 4 aromatic carbocycles. The molecule has 0 spiro atoms. The summed E-state index contributed by atoms with van der Waals surface area (Å²) in [6.45, 7) is 6.76. The number of ether oxygens (including phenoxy) is 7. The summed E-state index contributed by atoms with van der Waals surface area (Å²) in [4.78, 5) is 76.3. The molecule has 3 amide bonds. The third-order valence-electron chi connectivity index (χ3n) is 11.2. The first-order valence-corrected chi connectivity index (χ1v) is 23.0. The van der Waals surface area contributed by atoms with Crippen molar-refractivity contribution in [3.05, 3.63) is 124 Å². The minimum atomic E-state index is -1.01. The molecule has 0 fully saturated rings. The number of carbonyl (C=O) groups excluding carboxylic acids is 5. The molecule has 1 aliphatic carbocycles. The molecule has 0 aromatic heterocycles. The number of methoxy groups -OCH3 is 1. The molecule has 1 aliphatic rings. The number of carbonyl (C=O) groups is 5. The smallest absolute Gasteiger partial charge is 0.449 e. The molecule has 5 rings (SSSR count). The molecule has 0 radical (unpaired) electrons. The largest absolute Gasteiger partial charge is 0.514 e. The van der Waals surface area contributed by atoms with Crippen molar-refractivity contribution in [1.29, 1.82) is 0 Å². The van der Waals surface area contributed by atoms with E-state index in [-0.39, 0.29) is 67.6 Å². The van der Waals surface area contributed by atoms with Gasteiger partial charge in [0.25, 0.3) is 5.69 Å². The van der Waals surface area contributed by atoms with Gasteiger partial charge in [0.15, 0.2) is 5.78 Å². The highest BCUT2D eigenvalue weighted by Crippen LogP contribution is 2.44. The lowest BCUT2D eigenvalue weighted by molar-refractivity contribution is -0.384. The molecule has 0 saturated heterocycles. The van der Waals surface area contributed by atoms with Gasteiger partial charge in [0.2, 0.25) is 11.8 Å². The molecule has 0 unspecified atom stereocenters. The number of benzene rings is 4. The second-order valence-electron chi connectivity index (χ2n) is 16.6. The fourth-order valence-corrected chi connectivity index (χ4v) is 7.60. The summed E-state index contributed by atoms with van der Waals surface area (Å²) in [7, 11) is 1.61. The number of fused-ring (bicyclic) bond motifs is 3. The highest BCUT2D eigenvalue weighted by molar-refractivity contribution is 5.97. The molecule has 0 saturated carbocycles. The first-order valence-electron chi connectivity index (χ1n) is 23.0. The zero-order valence-corrected chi connectivity index (χ0v) is 39.3. The maximum absolute atomic E-state index is 14.0. The number of anilines is 1. The van der Waals surface area contributed by atoms with Crippen LogP contribution in [-0.2, 0) is 49.4 Å². The Kier molecular flexibility index (Phi) is 22.0. The Hall–Kier alpha value is -6.73. The van der Waals surface area contributed by atoms with Crippen LogP contribution in [0.15, 0.2) is 97.1 Å². The van der Waals surface area contributed by atoms with E-state index < -0.39 is 35.0 Å². The van der Waals surface area contributed by atoms with Gasteiger partial charge in [0, 0.05) is 56.2 Å². The summed E-state index contributed by atoms with van der Waals surface area (Å²) in [5.74, 6) is -2.12. The third-order valence-corrected chi connectivity index (χ3v) is 11.2. The van der Waals surface area contributed by atoms with Gasteiger partial charge < -0.3 is 49.1 Å². The first kappa shape index (κ1) is 53.2. The van der Waals surface area contributed by atoms with Gasteiger partial charge in [-0.05, 0) is 70.8 Å². The average Bonchev–Trinajstić information content (AvgIpc) is 3.66. The Bertz CT molecular complexity index is 2240. The second-order valence-corrected chi connectivity index (χ2v) is 16.6. The van der Waals surface area contributed by atoms with E-state index in [1.165, 1.54) is 24.3 Å². The lowest BCUT2D eigenvalue weighted by Gasteiger charge is -2.24. The minimum Gasteiger partial charge on any atom is -0.449 e. The quantitative estimate of drug-likeness (QED) is 0.0149. The van der Waals surface area contributed by atoms with Crippen molar-refractivity contribution in [2.45, 2.75) is 64.5 Å². The molecule has 0 heterocycles. The molecule has 69 heavy (non-hydrogen) atoms. The Balaban J connectivity index is 1.12. The molecule has 370 valence electrons. The summed E-state index contributed by atoms with van der Waals surface area (Å²) in [6, 6.07) is 26.6. The number of hydrogen-bond acceptors (Lipinski definition) is 14. The van der Waals surface area contributed by atoms with E-state index in [2.05, 4.69) is 16.0 Å². The molecular formula is C51H62N4O14. The standard InChI is InChI=1S/C51H62N4O14/c1-35(2)48(54-50(59)67-34-45-43-13-6-4-11-41(43)42-12-5-7-14-44(42)45)46(56)32-37(10-8-9-24-52-47(57)23-25-64-28-29-66-31-30-65-27-26-63-3)49(58)53-38-17-15-36(16-18-38)33-68-51(60)69-40-21-19-39(20-22-40)55(61)62/h4-7,11-22,35,37,45,48H,8-10,23-34H2,1-3H3,(H,52,57)(H,53,58)(H,54,59)/t37-,48+/m1/s1. The summed E-state index contributed by atoms with van der Waals surface area (Å²) in [6.07, 6.45) is -0.386. The van der Waals surface area contributed by atoms with Crippen molar-refractivity contribution < 1.29 is 62.1 Å². The number of rotatable bonds is 30. The fraction of sp³-hybridized carbons (Fsp3) is 0.431. The fourth-order valence-electron chi connectivity index (χ4n) is 7.60. The zero-order chi connectivity index (χ0) is 49.4. The number of nitrogens with one attached hydrogen (secondary N) is 3. The van der Waals surface area contributed by atoms with E-state index >= 15 is 0 Å². The van der Waals surface area contributed by atoms with Crippen LogP contribution < -0.4 is 20.7 Å². The van der Waals surface area contributed by atoms with Crippen LogP contribution in [0.4, 0.5) is 21.0 Å². The Morgan fingerprint density at radius 2 is 1.33 bits per heavy atom. The number of unbranched alkanes of at least 4 members (excludes halogenated alkanes) is 1. The maximum Gasteiger partial charge on any atom is 0.514 e. The van der Waals surface area contributed by atoms with Gasteiger partial charge in [0.05, 0.1) is 57.2 Å². The highest BCUT2D eigenvalue weighted by Gasteiger charge is 2.32. The van der Waals surface area contributed by atoms with Crippen LogP contribution in [0.2, 0.25) is 0 Å². The number of nitro groups is 1. The van der Waals surface area contributed by atoms with Crippen LogP contribution in [0.25, 0.3) is 11.1 Å². The average molecular weight is 955 g/mol. The topological polar surface area (TPSA) is 229 Å². The molecule has 18 nitrogen and oxygen atoms in total. The van der Waals surface area contributed by atoms with Gasteiger partial charge in [-0.25, -0.2) is 9.59 Å². The second kappa shape index (κ2) is 28.6. The van der Waals surface area contributed by atoms with Crippen molar-refractivity contribution in [3.63, 3.8) is 0 Å². The number of nitrogens with zero attached hydrogens (tertiary/aromatic N) is 1. The van der Waals surface area contributed by atoms with Crippen LogP contribution in [0, 0.1) is 22.0 Å². The van der Waals surface area contributed by atoms with Gasteiger partial charge in [-0.3, -0.25) is 24.5 Å². The molecule has 18 heteroatoms. The van der Waals surface area contributed by atoms with Gasteiger partial charge in [0.1, 0.15) is 19.0 Å². The number of Topliss-reactive ketones (excluding diaryl/α,β-unsaturated/α-hetero) is 1. The van der Waals surface area contributed by atoms with E-state index in [0.29, 0.717) is 76.7 Å². The van der Waals surface area contributed by atoms with E-state index in [9.17, 15) is 34.1 Å². The Morgan fingerprint density at radius 3 is 1.94 bits per heavy atom.